The third-order valence-corrected chi connectivity index (χ3v) is 4.62. The van der Waals surface area contributed by atoms with Gasteiger partial charge >= 0.3 is 0 Å². The number of halogens is 2. The maximum absolute atomic E-state index is 13.6. The van der Waals surface area contributed by atoms with Gasteiger partial charge in [-0.25, -0.2) is 8.78 Å². The molecule has 1 aromatic rings. The molecule has 1 aromatic carbocycles. The van der Waals surface area contributed by atoms with Crippen LogP contribution in [0.4, 0.5) is 8.78 Å². The van der Waals surface area contributed by atoms with Crippen LogP contribution in [0.1, 0.15) is 45.7 Å². The van der Waals surface area contributed by atoms with Gasteiger partial charge in [-0.05, 0) is 50.4 Å². The Morgan fingerprint density at radius 2 is 1.86 bits per heavy atom. The minimum Gasteiger partial charge on any atom is -0.375 e. The van der Waals surface area contributed by atoms with Crippen molar-refractivity contribution >= 4 is 0 Å². The van der Waals surface area contributed by atoms with E-state index in [2.05, 4.69) is 33.0 Å². The molecule has 1 aliphatic heterocycles. The van der Waals surface area contributed by atoms with Crippen molar-refractivity contribution in [3.8, 4) is 0 Å². The molecule has 4 heteroatoms. The van der Waals surface area contributed by atoms with Crippen molar-refractivity contribution in [1.82, 2.24) is 5.32 Å². The van der Waals surface area contributed by atoms with E-state index >= 15 is 0 Å². The van der Waals surface area contributed by atoms with Crippen LogP contribution in [0.15, 0.2) is 18.2 Å². The Morgan fingerprint density at radius 1 is 1.14 bits per heavy atom. The van der Waals surface area contributed by atoms with Crippen molar-refractivity contribution in [2.24, 2.45) is 11.8 Å². The second-order valence-electron chi connectivity index (χ2n) is 6.09. The topological polar surface area (TPSA) is 21.3 Å². The van der Waals surface area contributed by atoms with Crippen molar-refractivity contribution in [3.05, 3.63) is 35.4 Å². The lowest BCUT2D eigenvalue weighted by Crippen LogP contribution is -2.35. The zero-order chi connectivity index (χ0) is 15.6. The summed E-state index contributed by atoms with van der Waals surface area (Å²) in [6.07, 6.45) is 1.27. The summed E-state index contributed by atoms with van der Waals surface area (Å²) in [7, 11) is 0. The van der Waals surface area contributed by atoms with E-state index in [9.17, 15) is 8.78 Å². The summed E-state index contributed by atoms with van der Waals surface area (Å²) >= 11 is 0. The maximum Gasteiger partial charge on any atom is 0.159 e. The average molecular weight is 297 g/mol. The van der Waals surface area contributed by atoms with E-state index in [1.807, 2.05) is 0 Å². The minimum absolute atomic E-state index is 0.0185. The lowest BCUT2D eigenvalue weighted by Gasteiger charge is -2.30. The molecule has 0 radical (unpaired) electrons. The molecule has 1 N–H and O–H groups in total. The Hall–Kier alpha value is -1.00. The summed E-state index contributed by atoms with van der Waals surface area (Å²) in [6, 6.07) is 4.18. The van der Waals surface area contributed by atoms with E-state index in [4.69, 9.17) is 4.74 Å². The molecule has 1 aliphatic rings. The number of rotatable bonds is 5. The van der Waals surface area contributed by atoms with Crippen LogP contribution in [0.3, 0.4) is 0 Å². The minimum atomic E-state index is -0.801. The highest BCUT2D eigenvalue weighted by atomic mass is 19.2. The molecule has 0 amide bonds. The van der Waals surface area contributed by atoms with Crippen LogP contribution >= 0.6 is 0 Å². The number of hydrogen-bond acceptors (Lipinski definition) is 2. The number of hydrogen-bond donors (Lipinski definition) is 1. The molecule has 1 saturated heterocycles. The number of nitrogens with one attached hydrogen (secondary N) is 1. The summed E-state index contributed by atoms with van der Waals surface area (Å²) in [5.74, 6) is -0.980. The summed E-state index contributed by atoms with van der Waals surface area (Å²) in [6.45, 7) is 9.23. The normalized spacial score (nSPS) is 30.6. The van der Waals surface area contributed by atoms with Crippen molar-refractivity contribution in [2.45, 2.75) is 52.4 Å². The highest BCUT2D eigenvalue weighted by molar-refractivity contribution is 5.23. The summed E-state index contributed by atoms with van der Waals surface area (Å²) in [5.41, 5.74) is 0.795. The lowest BCUT2D eigenvalue weighted by molar-refractivity contribution is 0.0475. The van der Waals surface area contributed by atoms with Gasteiger partial charge in [-0.15, -0.1) is 0 Å². The van der Waals surface area contributed by atoms with Crippen molar-refractivity contribution in [1.29, 1.82) is 0 Å². The molecule has 5 atom stereocenters. The smallest absolute Gasteiger partial charge is 0.159 e. The van der Waals surface area contributed by atoms with Gasteiger partial charge in [0.1, 0.15) is 0 Å². The van der Waals surface area contributed by atoms with E-state index in [-0.39, 0.29) is 24.2 Å². The first-order chi connectivity index (χ1) is 9.95. The Morgan fingerprint density at radius 3 is 2.38 bits per heavy atom. The van der Waals surface area contributed by atoms with E-state index < -0.39 is 11.6 Å². The fourth-order valence-electron chi connectivity index (χ4n) is 3.35. The Balaban J connectivity index is 2.31. The van der Waals surface area contributed by atoms with Gasteiger partial charge in [-0.2, -0.15) is 0 Å². The zero-order valence-corrected chi connectivity index (χ0v) is 13.2. The molecule has 2 nitrogen and oxygen atoms in total. The van der Waals surface area contributed by atoms with Gasteiger partial charge in [-0.3, -0.25) is 0 Å². The average Bonchev–Trinajstić information content (AvgIpc) is 2.69. The van der Waals surface area contributed by atoms with Gasteiger partial charge in [0.05, 0.1) is 12.2 Å². The van der Waals surface area contributed by atoms with Crippen LogP contribution in [-0.4, -0.2) is 18.8 Å². The second-order valence-corrected chi connectivity index (χ2v) is 6.09. The molecule has 21 heavy (non-hydrogen) atoms. The predicted octanol–water partition coefficient (Wildman–Crippen LogP) is 4.07. The van der Waals surface area contributed by atoms with Crippen molar-refractivity contribution < 1.29 is 13.5 Å². The zero-order valence-electron chi connectivity index (χ0n) is 13.2. The maximum atomic E-state index is 13.6. The van der Waals surface area contributed by atoms with Crippen molar-refractivity contribution in [2.75, 3.05) is 6.54 Å². The highest BCUT2D eigenvalue weighted by Crippen LogP contribution is 2.40. The Bertz CT molecular complexity index is 480. The fraction of sp³-hybridized carbons (Fsp3) is 0.647. The first-order valence-corrected chi connectivity index (χ1v) is 7.79. The van der Waals surface area contributed by atoms with Gasteiger partial charge in [0.2, 0.25) is 0 Å². The highest BCUT2D eigenvalue weighted by Gasteiger charge is 2.42. The van der Waals surface area contributed by atoms with Gasteiger partial charge in [0.25, 0.3) is 0 Å². The first kappa shape index (κ1) is 16.4. The molecule has 5 unspecified atom stereocenters. The van der Waals surface area contributed by atoms with Gasteiger partial charge in [0, 0.05) is 12.0 Å². The third-order valence-electron chi connectivity index (χ3n) is 4.62. The van der Waals surface area contributed by atoms with Gasteiger partial charge < -0.3 is 10.1 Å². The standard InChI is InChI=1S/C17H25F2NO/c1-5-8-20-17(13-6-7-14(18)15(19)9-13)16-10(2)11(3)21-12(16)4/h6-7,9-12,16-17,20H,5,8H2,1-4H3. The summed E-state index contributed by atoms with van der Waals surface area (Å²) in [5, 5.41) is 3.49. The van der Waals surface area contributed by atoms with Gasteiger partial charge in [-0.1, -0.05) is 19.9 Å². The van der Waals surface area contributed by atoms with Crippen LogP contribution in [0.2, 0.25) is 0 Å². The van der Waals surface area contributed by atoms with Gasteiger partial charge in [0.15, 0.2) is 11.6 Å². The summed E-state index contributed by atoms with van der Waals surface area (Å²) in [4.78, 5) is 0. The van der Waals surface area contributed by atoms with Crippen molar-refractivity contribution in [3.63, 3.8) is 0 Å². The van der Waals surface area contributed by atoms with E-state index in [1.54, 1.807) is 6.07 Å². The Kier molecular flexibility index (Phi) is 5.33. The molecule has 2 rings (SSSR count). The van der Waals surface area contributed by atoms with Crippen LogP contribution < -0.4 is 5.32 Å². The molecule has 0 aliphatic carbocycles. The van der Waals surface area contributed by atoms with Crippen LogP contribution in [0.25, 0.3) is 0 Å². The number of ether oxygens (including phenoxy) is 1. The molecule has 1 fully saturated rings. The largest absolute Gasteiger partial charge is 0.375 e. The SMILES string of the molecule is CCCNC(c1ccc(F)c(F)c1)C1C(C)OC(C)C1C. The molecular weight excluding hydrogens is 272 g/mol. The molecule has 0 saturated carbocycles. The van der Waals surface area contributed by atoms with E-state index in [0.29, 0.717) is 5.92 Å². The van der Waals surface area contributed by atoms with Crippen LogP contribution in [-0.2, 0) is 4.74 Å². The molecule has 0 spiro atoms. The van der Waals surface area contributed by atoms with E-state index in [1.165, 1.54) is 12.1 Å². The molecule has 0 aromatic heterocycles. The quantitative estimate of drug-likeness (QED) is 0.884. The predicted molar refractivity (Wildman–Crippen MR) is 80.1 cm³/mol. The molecule has 0 bridgehead atoms. The van der Waals surface area contributed by atoms with Crippen LogP contribution in [0.5, 0.6) is 0 Å². The monoisotopic (exact) mass is 297 g/mol. The third kappa shape index (κ3) is 3.43. The Labute approximate surface area is 125 Å². The molecule has 118 valence electrons. The number of benzene rings is 1. The molecular formula is C17H25F2NO. The van der Waals surface area contributed by atoms with Crippen LogP contribution in [0, 0.1) is 23.5 Å². The first-order valence-electron chi connectivity index (χ1n) is 7.79. The summed E-state index contributed by atoms with van der Waals surface area (Å²) < 4.78 is 32.7. The molecule has 1 heterocycles. The fourth-order valence-corrected chi connectivity index (χ4v) is 3.35. The van der Waals surface area contributed by atoms with E-state index in [0.717, 1.165) is 18.5 Å². The second kappa shape index (κ2) is 6.84. The lowest BCUT2D eigenvalue weighted by atomic mass is 9.80.